The largest absolute Gasteiger partial charge is 0.373 e. The fourth-order valence-electron chi connectivity index (χ4n) is 2.98. The Morgan fingerprint density at radius 3 is 2.70 bits per heavy atom. The highest BCUT2D eigenvalue weighted by Crippen LogP contribution is 2.29. The van der Waals surface area contributed by atoms with E-state index in [-0.39, 0.29) is 11.9 Å². The summed E-state index contributed by atoms with van der Waals surface area (Å²) in [4.78, 5) is 12.5. The van der Waals surface area contributed by atoms with E-state index in [1.807, 2.05) is 18.2 Å². The average molecular weight is 360 g/mol. The number of rotatable bonds is 5. The lowest BCUT2D eigenvalue weighted by Gasteiger charge is -2.28. The average Bonchev–Trinajstić information content (AvgIpc) is 2.44. The summed E-state index contributed by atoms with van der Waals surface area (Å²) in [6.45, 7) is 0. The van der Waals surface area contributed by atoms with Crippen LogP contribution in [0.15, 0.2) is 22.7 Å². The zero-order valence-electron chi connectivity index (χ0n) is 11.7. The Morgan fingerprint density at radius 1 is 1.40 bits per heavy atom. The number of Topliss-reactive ketones (excluding diaryl/α,β-unsaturated/α-hetero) is 1. The molecule has 20 heavy (non-hydrogen) atoms. The van der Waals surface area contributed by atoms with Crippen molar-refractivity contribution >= 4 is 33.3 Å². The smallest absolute Gasteiger partial charge is 0.166 e. The lowest BCUT2D eigenvalue weighted by Crippen LogP contribution is -2.34. The number of hydrogen-bond acceptors (Lipinski definition) is 2. The number of benzene rings is 1. The van der Waals surface area contributed by atoms with Gasteiger partial charge >= 0.3 is 0 Å². The molecule has 0 N–H and O–H groups in total. The Hall–Kier alpha value is -0.380. The molecule has 1 aliphatic carbocycles. The molecular weight excluding hydrogens is 340 g/mol. The molecule has 1 fully saturated rings. The molecule has 0 heterocycles. The van der Waals surface area contributed by atoms with E-state index in [0.29, 0.717) is 17.4 Å². The number of halogens is 2. The zero-order chi connectivity index (χ0) is 14.5. The maximum Gasteiger partial charge on any atom is 0.166 e. The van der Waals surface area contributed by atoms with Gasteiger partial charge in [0.05, 0.1) is 0 Å². The minimum atomic E-state index is -0.282. The number of carbonyl (C=O) groups is 1. The van der Waals surface area contributed by atoms with Gasteiger partial charge in [0.2, 0.25) is 0 Å². The van der Waals surface area contributed by atoms with Gasteiger partial charge in [-0.05, 0) is 36.5 Å². The highest BCUT2D eigenvalue weighted by molar-refractivity contribution is 9.10. The van der Waals surface area contributed by atoms with Crippen LogP contribution in [0.4, 0.5) is 0 Å². The van der Waals surface area contributed by atoms with Crippen LogP contribution in [0.3, 0.4) is 0 Å². The molecule has 110 valence electrons. The third-order valence-electron chi connectivity index (χ3n) is 4.03. The van der Waals surface area contributed by atoms with Gasteiger partial charge in [-0.25, -0.2) is 0 Å². The van der Waals surface area contributed by atoms with Crippen molar-refractivity contribution < 1.29 is 9.53 Å². The Balaban J connectivity index is 2.04. The topological polar surface area (TPSA) is 26.3 Å². The van der Waals surface area contributed by atoms with E-state index >= 15 is 0 Å². The van der Waals surface area contributed by atoms with E-state index in [2.05, 4.69) is 15.9 Å². The van der Waals surface area contributed by atoms with E-state index in [9.17, 15) is 4.79 Å². The molecule has 0 aromatic heterocycles. The molecule has 1 aliphatic rings. The molecule has 0 amide bonds. The van der Waals surface area contributed by atoms with Crippen LogP contribution in [-0.4, -0.2) is 19.0 Å². The number of hydrogen-bond donors (Lipinski definition) is 0. The highest BCUT2D eigenvalue weighted by atomic mass is 79.9. The number of methoxy groups -OCH3 is 1. The summed E-state index contributed by atoms with van der Waals surface area (Å²) in [6.07, 6.45) is 5.94. The van der Waals surface area contributed by atoms with Gasteiger partial charge in [0.25, 0.3) is 0 Å². The summed E-state index contributed by atoms with van der Waals surface area (Å²) >= 11 is 9.56. The molecule has 2 rings (SSSR count). The molecule has 0 bridgehead atoms. The van der Waals surface area contributed by atoms with Crippen molar-refractivity contribution in [1.29, 1.82) is 0 Å². The maximum absolute atomic E-state index is 12.5. The summed E-state index contributed by atoms with van der Waals surface area (Å²) in [7, 11) is 1.64. The first-order valence-corrected chi connectivity index (χ1v) is 8.28. The lowest BCUT2D eigenvalue weighted by atomic mass is 9.82. The number of carbonyl (C=O) groups excluding carboxylic acids is 1. The second-order valence-electron chi connectivity index (χ2n) is 5.43. The molecule has 1 atom stereocenters. The van der Waals surface area contributed by atoms with E-state index in [1.165, 1.54) is 19.3 Å². The predicted octanol–water partition coefficient (Wildman–Crippen LogP) is 4.81. The fourth-order valence-corrected chi connectivity index (χ4v) is 3.72. The van der Waals surface area contributed by atoms with E-state index in [4.69, 9.17) is 16.3 Å². The molecule has 1 saturated carbocycles. The monoisotopic (exact) mass is 358 g/mol. The third-order valence-corrected chi connectivity index (χ3v) is 4.87. The van der Waals surface area contributed by atoms with E-state index in [1.54, 1.807) is 7.11 Å². The van der Waals surface area contributed by atoms with Gasteiger partial charge in [-0.3, -0.25) is 4.79 Å². The standard InChI is InChI=1S/C16H20BrClO2/c1-20-16(11-5-3-2-4-6-11)15(19)9-12-7-8-13(17)10-14(12)18/h7-8,10-11,16H,2-6,9H2,1H3. The van der Waals surface area contributed by atoms with Crippen molar-refractivity contribution in [2.45, 2.75) is 44.6 Å². The molecular formula is C16H20BrClO2. The SMILES string of the molecule is COC(C(=O)Cc1ccc(Br)cc1Cl)C1CCCCC1. The summed E-state index contributed by atoms with van der Waals surface area (Å²) < 4.78 is 6.41. The first-order chi connectivity index (χ1) is 9.61. The molecule has 1 unspecified atom stereocenters. The zero-order valence-corrected chi connectivity index (χ0v) is 14.0. The summed E-state index contributed by atoms with van der Waals surface area (Å²) in [5, 5.41) is 0.631. The quantitative estimate of drug-likeness (QED) is 0.754. The van der Waals surface area contributed by atoms with Crippen molar-refractivity contribution in [2.75, 3.05) is 7.11 Å². The van der Waals surface area contributed by atoms with Crippen LogP contribution in [0.5, 0.6) is 0 Å². The first kappa shape index (κ1) is 16.0. The molecule has 2 nitrogen and oxygen atoms in total. The van der Waals surface area contributed by atoms with Crippen molar-refractivity contribution in [3.63, 3.8) is 0 Å². The normalized spacial score (nSPS) is 17.9. The molecule has 0 spiro atoms. The number of ketones is 1. The predicted molar refractivity (Wildman–Crippen MR) is 85.2 cm³/mol. The van der Waals surface area contributed by atoms with Crippen molar-refractivity contribution in [1.82, 2.24) is 0 Å². The van der Waals surface area contributed by atoms with Crippen LogP contribution in [0.25, 0.3) is 0 Å². The van der Waals surface area contributed by atoms with Gasteiger partial charge < -0.3 is 4.74 Å². The Labute approximate surface area is 134 Å². The van der Waals surface area contributed by atoms with Crippen LogP contribution in [0.1, 0.15) is 37.7 Å². The second-order valence-corrected chi connectivity index (χ2v) is 6.76. The fraction of sp³-hybridized carbons (Fsp3) is 0.562. The molecule has 0 saturated heterocycles. The van der Waals surface area contributed by atoms with Crippen molar-refractivity contribution in [3.05, 3.63) is 33.3 Å². The van der Waals surface area contributed by atoms with E-state index in [0.717, 1.165) is 22.9 Å². The van der Waals surface area contributed by atoms with Gasteiger partial charge in [0.1, 0.15) is 6.10 Å². The van der Waals surface area contributed by atoms with Gasteiger partial charge in [0.15, 0.2) is 5.78 Å². The Kier molecular flexibility index (Phi) is 6.06. The Bertz CT molecular complexity index is 470. The molecule has 4 heteroatoms. The van der Waals surface area contributed by atoms with Crippen molar-refractivity contribution in [3.8, 4) is 0 Å². The number of ether oxygens (including phenoxy) is 1. The molecule has 1 aromatic carbocycles. The van der Waals surface area contributed by atoms with Crippen LogP contribution in [0.2, 0.25) is 5.02 Å². The minimum Gasteiger partial charge on any atom is -0.373 e. The van der Waals surface area contributed by atoms with Gasteiger partial charge in [-0.1, -0.05) is 52.9 Å². The Morgan fingerprint density at radius 2 is 2.10 bits per heavy atom. The van der Waals surface area contributed by atoms with Crippen molar-refractivity contribution in [2.24, 2.45) is 5.92 Å². The van der Waals surface area contributed by atoms with E-state index < -0.39 is 0 Å². The van der Waals surface area contributed by atoms with Crippen LogP contribution in [-0.2, 0) is 16.0 Å². The maximum atomic E-state index is 12.5. The summed E-state index contributed by atoms with van der Waals surface area (Å²) in [6, 6.07) is 5.64. The highest BCUT2D eigenvalue weighted by Gasteiger charge is 2.29. The first-order valence-electron chi connectivity index (χ1n) is 7.11. The lowest BCUT2D eigenvalue weighted by molar-refractivity contribution is -0.132. The van der Waals surface area contributed by atoms with Gasteiger partial charge in [-0.15, -0.1) is 0 Å². The molecule has 0 radical (unpaired) electrons. The minimum absolute atomic E-state index is 0.142. The van der Waals surface area contributed by atoms with Crippen LogP contribution >= 0.6 is 27.5 Å². The second kappa shape index (κ2) is 7.58. The summed E-state index contributed by atoms with van der Waals surface area (Å²) in [5.74, 6) is 0.513. The van der Waals surface area contributed by atoms with Crippen LogP contribution < -0.4 is 0 Å². The molecule has 0 aliphatic heterocycles. The third kappa shape index (κ3) is 4.06. The molecule has 1 aromatic rings. The summed E-state index contributed by atoms with van der Waals surface area (Å²) in [5.41, 5.74) is 0.873. The van der Waals surface area contributed by atoms with Gasteiger partial charge in [0, 0.05) is 23.0 Å². The van der Waals surface area contributed by atoms with Crippen LogP contribution in [0, 0.1) is 5.92 Å². The van der Waals surface area contributed by atoms with Gasteiger partial charge in [-0.2, -0.15) is 0 Å².